The fourth-order valence-corrected chi connectivity index (χ4v) is 2.23. The molecule has 4 nitrogen and oxygen atoms in total. The number of benzene rings is 1. The number of carbonyl (C=O) groups excluding carboxylic acids is 2. The van der Waals surface area contributed by atoms with Crippen LogP contribution < -0.4 is 0 Å². The van der Waals surface area contributed by atoms with E-state index in [1.165, 1.54) is 26.2 Å². The molecule has 4 heteroatoms. The number of fused-ring (bicyclic) bond motifs is 1. The molecule has 1 aromatic carbocycles. The van der Waals surface area contributed by atoms with Crippen molar-refractivity contribution in [3.05, 3.63) is 47.7 Å². The summed E-state index contributed by atoms with van der Waals surface area (Å²) in [5, 5.41) is 1.02. The lowest BCUT2D eigenvalue weighted by atomic mass is 10.1. The molecule has 0 aliphatic carbocycles. The lowest BCUT2D eigenvalue weighted by Gasteiger charge is -1.99. The summed E-state index contributed by atoms with van der Waals surface area (Å²) in [6.07, 6.45) is 6.38. The van der Waals surface area contributed by atoms with Gasteiger partial charge in [-0.1, -0.05) is 18.2 Å². The molecule has 0 bridgehead atoms. The minimum absolute atomic E-state index is 0.0249. The third-order valence-electron chi connectivity index (χ3n) is 3.26. The molecule has 0 amide bonds. The van der Waals surface area contributed by atoms with Crippen LogP contribution in [0.25, 0.3) is 23.1 Å². The van der Waals surface area contributed by atoms with E-state index in [-0.39, 0.29) is 5.78 Å². The van der Waals surface area contributed by atoms with Crippen LogP contribution in [0.4, 0.5) is 0 Å². The summed E-state index contributed by atoms with van der Waals surface area (Å²) < 4.78 is 6.62. The van der Waals surface area contributed by atoms with Crippen molar-refractivity contribution in [1.29, 1.82) is 0 Å². The Hall–Kier alpha value is -2.62. The van der Waals surface area contributed by atoms with Gasteiger partial charge >= 0.3 is 5.97 Å². The highest BCUT2D eigenvalue weighted by Gasteiger charge is 2.11. The second-order valence-electron chi connectivity index (χ2n) is 4.68. The number of aromatic nitrogens is 1. The fraction of sp³-hybridized carbons (Fsp3) is 0.176. The molecule has 0 saturated carbocycles. The molecule has 0 saturated heterocycles. The van der Waals surface area contributed by atoms with Crippen molar-refractivity contribution in [2.45, 2.75) is 6.92 Å². The van der Waals surface area contributed by atoms with Gasteiger partial charge in [0.1, 0.15) is 0 Å². The van der Waals surface area contributed by atoms with Crippen molar-refractivity contribution in [2.75, 3.05) is 7.11 Å². The van der Waals surface area contributed by atoms with Crippen LogP contribution in [0.1, 0.15) is 18.2 Å². The number of hydrogen-bond acceptors (Lipinski definition) is 3. The first kappa shape index (κ1) is 14.8. The zero-order valence-electron chi connectivity index (χ0n) is 12.3. The topological polar surface area (TPSA) is 48.3 Å². The molecule has 0 fully saturated rings. The molecule has 0 N–H and O–H groups in total. The number of hydrogen-bond donors (Lipinski definition) is 0. The van der Waals surface area contributed by atoms with E-state index in [0.29, 0.717) is 0 Å². The smallest absolute Gasteiger partial charge is 0.330 e. The number of allylic oxidation sites excluding steroid dienone is 1. The quantitative estimate of drug-likeness (QED) is 0.640. The molecule has 0 aliphatic heterocycles. The summed E-state index contributed by atoms with van der Waals surface area (Å²) in [6, 6.07) is 7.87. The first-order valence-electron chi connectivity index (χ1n) is 6.56. The third-order valence-corrected chi connectivity index (χ3v) is 3.26. The minimum Gasteiger partial charge on any atom is -0.466 e. The van der Waals surface area contributed by atoms with Crippen molar-refractivity contribution in [3.63, 3.8) is 0 Å². The van der Waals surface area contributed by atoms with Gasteiger partial charge in [0.15, 0.2) is 5.78 Å². The van der Waals surface area contributed by atoms with Crippen molar-refractivity contribution in [1.82, 2.24) is 4.57 Å². The van der Waals surface area contributed by atoms with Crippen molar-refractivity contribution < 1.29 is 14.3 Å². The second kappa shape index (κ2) is 6.22. The highest BCUT2D eigenvalue weighted by atomic mass is 16.5. The molecule has 1 aromatic heterocycles. The molecule has 0 atom stereocenters. The number of carbonyl (C=O) groups is 2. The maximum Gasteiger partial charge on any atom is 0.330 e. The van der Waals surface area contributed by atoms with E-state index in [9.17, 15) is 9.59 Å². The summed E-state index contributed by atoms with van der Waals surface area (Å²) in [5.41, 5.74) is 2.78. The van der Waals surface area contributed by atoms with Crippen LogP contribution >= 0.6 is 0 Å². The normalized spacial score (nSPS) is 11.6. The predicted octanol–water partition coefficient (Wildman–Crippen LogP) is 2.97. The van der Waals surface area contributed by atoms with E-state index >= 15 is 0 Å². The lowest BCUT2D eigenvalue weighted by Crippen LogP contribution is -1.94. The zero-order valence-corrected chi connectivity index (χ0v) is 12.3. The molecule has 0 unspecified atom stereocenters. The number of para-hydroxylation sites is 1. The van der Waals surface area contributed by atoms with E-state index in [1.807, 2.05) is 35.9 Å². The summed E-state index contributed by atoms with van der Waals surface area (Å²) in [6.45, 7) is 1.50. The van der Waals surface area contributed by atoms with Gasteiger partial charge in [-0.25, -0.2) is 4.79 Å². The van der Waals surface area contributed by atoms with Gasteiger partial charge in [-0.3, -0.25) is 4.79 Å². The van der Waals surface area contributed by atoms with Gasteiger partial charge in [0.25, 0.3) is 0 Å². The van der Waals surface area contributed by atoms with E-state index in [1.54, 1.807) is 12.2 Å². The van der Waals surface area contributed by atoms with Crippen LogP contribution in [-0.2, 0) is 21.4 Å². The van der Waals surface area contributed by atoms with Crippen LogP contribution in [0.3, 0.4) is 0 Å². The van der Waals surface area contributed by atoms with Crippen molar-refractivity contribution in [3.8, 4) is 0 Å². The Kier molecular flexibility index (Phi) is 4.38. The fourth-order valence-electron chi connectivity index (χ4n) is 2.23. The predicted molar refractivity (Wildman–Crippen MR) is 83.7 cm³/mol. The number of aryl methyl sites for hydroxylation is 1. The molecule has 108 valence electrons. The summed E-state index contributed by atoms with van der Waals surface area (Å²) in [4.78, 5) is 22.5. The Morgan fingerprint density at radius 3 is 2.52 bits per heavy atom. The highest BCUT2D eigenvalue weighted by molar-refractivity contribution is 5.99. The van der Waals surface area contributed by atoms with Crippen LogP contribution in [0.2, 0.25) is 0 Å². The van der Waals surface area contributed by atoms with Gasteiger partial charge in [0.2, 0.25) is 0 Å². The standard InChI is InChI=1S/C17H17NO3/c1-12(19)8-10-16-14(9-11-17(20)21-3)13-6-4-5-7-15(13)18(16)2/h4-11H,1-3H3/b10-8+,11-9+. The number of nitrogens with zero attached hydrogens (tertiary/aromatic N) is 1. The average molecular weight is 283 g/mol. The molecule has 0 radical (unpaired) electrons. The second-order valence-corrected chi connectivity index (χ2v) is 4.68. The largest absolute Gasteiger partial charge is 0.466 e. The summed E-state index contributed by atoms with van der Waals surface area (Å²) in [7, 11) is 3.27. The first-order valence-corrected chi connectivity index (χ1v) is 6.56. The zero-order chi connectivity index (χ0) is 15.4. The Balaban J connectivity index is 2.64. The lowest BCUT2D eigenvalue weighted by molar-refractivity contribution is -0.134. The Bertz CT molecular complexity index is 751. The summed E-state index contributed by atoms with van der Waals surface area (Å²) in [5.74, 6) is -0.437. The highest BCUT2D eigenvalue weighted by Crippen LogP contribution is 2.27. The van der Waals surface area contributed by atoms with Gasteiger partial charge in [0.05, 0.1) is 7.11 Å². The van der Waals surface area contributed by atoms with Crippen molar-refractivity contribution in [2.24, 2.45) is 7.05 Å². The molecule has 2 rings (SSSR count). The number of esters is 1. The molecule has 1 heterocycles. The van der Waals surface area contributed by atoms with Gasteiger partial charge in [-0.2, -0.15) is 0 Å². The van der Waals surface area contributed by atoms with E-state index < -0.39 is 5.97 Å². The van der Waals surface area contributed by atoms with Gasteiger partial charge in [0, 0.05) is 35.3 Å². The molecular formula is C17H17NO3. The third kappa shape index (κ3) is 3.11. The SMILES string of the molecule is COC(=O)/C=C/c1c(/C=C/C(C)=O)n(C)c2ccccc12. The number of methoxy groups -OCH3 is 1. The van der Waals surface area contributed by atoms with Gasteiger partial charge < -0.3 is 9.30 Å². The first-order chi connectivity index (χ1) is 10.0. The summed E-state index contributed by atoms with van der Waals surface area (Å²) >= 11 is 0. The molecule has 2 aromatic rings. The maximum absolute atomic E-state index is 11.3. The maximum atomic E-state index is 11.3. The van der Waals surface area contributed by atoms with Crippen LogP contribution in [0, 0.1) is 0 Å². The van der Waals surface area contributed by atoms with Crippen LogP contribution in [0.15, 0.2) is 36.4 Å². The Morgan fingerprint density at radius 2 is 1.86 bits per heavy atom. The minimum atomic E-state index is -0.413. The Morgan fingerprint density at radius 1 is 1.14 bits per heavy atom. The van der Waals surface area contributed by atoms with E-state index in [2.05, 4.69) is 4.74 Å². The molecule has 0 spiro atoms. The van der Waals surface area contributed by atoms with Crippen molar-refractivity contribution >= 4 is 34.8 Å². The van der Waals surface area contributed by atoms with E-state index in [4.69, 9.17) is 0 Å². The number of ketones is 1. The molecule has 21 heavy (non-hydrogen) atoms. The van der Waals surface area contributed by atoms with Crippen LogP contribution in [0.5, 0.6) is 0 Å². The monoisotopic (exact) mass is 283 g/mol. The number of rotatable bonds is 4. The molecule has 0 aliphatic rings. The molecular weight excluding hydrogens is 266 g/mol. The Labute approximate surface area is 123 Å². The number of ether oxygens (including phenoxy) is 1. The van der Waals surface area contributed by atoms with Crippen LogP contribution in [-0.4, -0.2) is 23.4 Å². The average Bonchev–Trinajstić information content (AvgIpc) is 2.75. The van der Waals surface area contributed by atoms with Gasteiger partial charge in [-0.05, 0) is 31.2 Å². The van der Waals surface area contributed by atoms with E-state index in [0.717, 1.165) is 22.2 Å². The van der Waals surface area contributed by atoms with Gasteiger partial charge in [-0.15, -0.1) is 0 Å².